The average molecular weight is 414 g/mol. The van der Waals surface area contributed by atoms with Crippen molar-refractivity contribution in [3.05, 3.63) is 70.2 Å². The molecule has 0 fully saturated rings. The van der Waals surface area contributed by atoms with Crippen LogP contribution in [0.25, 0.3) is 22.0 Å². The van der Waals surface area contributed by atoms with Crippen molar-refractivity contribution >= 4 is 34.7 Å². The van der Waals surface area contributed by atoms with Crippen LogP contribution in [0.2, 0.25) is 5.02 Å². The van der Waals surface area contributed by atoms with Gasteiger partial charge in [0.05, 0.1) is 5.69 Å². The Morgan fingerprint density at radius 2 is 1.74 bits per heavy atom. The molecule has 8 heteroatoms. The third-order valence-electron chi connectivity index (χ3n) is 3.97. The molecule has 0 aliphatic carbocycles. The van der Waals surface area contributed by atoms with E-state index in [0.29, 0.717) is 21.8 Å². The number of thioether (sulfide) groups is 1. The Morgan fingerprint density at radius 3 is 2.48 bits per heavy atom. The SMILES string of the molecule is Cc1ccc(-c2nc(CSc3nnc(-c4ccc(Cl)cc4)n3N)cs2)cc1. The second-order valence-corrected chi connectivity index (χ2v) is 8.22. The molecule has 0 saturated carbocycles. The second kappa shape index (κ2) is 7.72. The number of hydrogen-bond acceptors (Lipinski definition) is 6. The van der Waals surface area contributed by atoms with E-state index in [9.17, 15) is 0 Å². The van der Waals surface area contributed by atoms with Crippen molar-refractivity contribution in [2.24, 2.45) is 0 Å². The molecule has 0 bridgehead atoms. The van der Waals surface area contributed by atoms with Gasteiger partial charge in [0.15, 0.2) is 5.82 Å². The van der Waals surface area contributed by atoms with Crippen LogP contribution in [-0.4, -0.2) is 19.9 Å². The Balaban J connectivity index is 1.46. The maximum Gasteiger partial charge on any atom is 0.210 e. The fourth-order valence-corrected chi connectivity index (χ4v) is 4.32. The number of benzene rings is 2. The molecule has 0 atom stereocenters. The van der Waals surface area contributed by atoms with Crippen molar-refractivity contribution < 1.29 is 0 Å². The molecule has 0 unspecified atom stereocenters. The van der Waals surface area contributed by atoms with Gasteiger partial charge in [-0.15, -0.1) is 21.5 Å². The van der Waals surface area contributed by atoms with Gasteiger partial charge in [0.1, 0.15) is 5.01 Å². The number of halogens is 1. The standard InChI is InChI=1S/C19H16ClN5S2/c1-12-2-4-14(5-3-12)18-22-16(10-26-18)11-27-19-24-23-17(25(19)21)13-6-8-15(20)9-7-13/h2-10H,11,21H2,1H3. The number of aromatic nitrogens is 4. The van der Waals surface area contributed by atoms with Crippen LogP contribution in [0.3, 0.4) is 0 Å². The smallest absolute Gasteiger partial charge is 0.210 e. The number of rotatable bonds is 5. The lowest BCUT2D eigenvalue weighted by Gasteiger charge is -2.03. The molecule has 2 N–H and O–H groups in total. The Kier molecular flexibility index (Phi) is 5.15. The Bertz CT molecular complexity index is 1050. The number of thiazole rings is 1. The number of nitrogens with two attached hydrogens (primary N) is 1. The molecule has 0 radical (unpaired) electrons. The van der Waals surface area contributed by atoms with Crippen LogP contribution in [0.15, 0.2) is 59.1 Å². The zero-order chi connectivity index (χ0) is 18.8. The Morgan fingerprint density at radius 1 is 1.04 bits per heavy atom. The summed E-state index contributed by atoms with van der Waals surface area (Å²) in [5, 5.41) is 12.8. The minimum absolute atomic E-state index is 0.604. The summed E-state index contributed by atoms with van der Waals surface area (Å²) in [6.07, 6.45) is 0. The minimum atomic E-state index is 0.604. The highest BCUT2D eigenvalue weighted by molar-refractivity contribution is 7.98. The first-order chi connectivity index (χ1) is 13.1. The van der Waals surface area contributed by atoms with E-state index in [-0.39, 0.29) is 0 Å². The molecule has 5 nitrogen and oxygen atoms in total. The largest absolute Gasteiger partial charge is 0.335 e. The normalized spacial score (nSPS) is 11.0. The van der Waals surface area contributed by atoms with Crippen molar-refractivity contribution in [3.63, 3.8) is 0 Å². The van der Waals surface area contributed by atoms with Gasteiger partial charge < -0.3 is 5.84 Å². The van der Waals surface area contributed by atoms with Gasteiger partial charge in [0, 0.05) is 27.3 Å². The van der Waals surface area contributed by atoms with Gasteiger partial charge in [-0.2, -0.15) is 0 Å². The molecule has 2 heterocycles. The van der Waals surface area contributed by atoms with Crippen LogP contribution in [-0.2, 0) is 5.75 Å². The van der Waals surface area contributed by atoms with Crippen molar-refractivity contribution in [1.29, 1.82) is 0 Å². The van der Waals surface area contributed by atoms with Crippen molar-refractivity contribution in [2.45, 2.75) is 17.8 Å². The van der Waals surface area contributed by atoms with Crippen LogP contribution in [0, 0.1) is 6.92 Å². The summed E-state index contributed by atoms with van der Waals surface area (Å²) in [5.41, 5.74) is 4.24. The lowest BCUT2D eigenvalue weighted by atomic mass is 10.2. The van der Waals surface area contributed by atoms with Gasteiger partial charge in [-0.25, -0.2) is 9.66 Å². The summed E-state index contributed by atoms with van der Waals surface area (Å²) in [5.74, 6) is 7.45. The Labute approximate surface area is 170 Å². The molecule has 2 aromatic carbocycles. The van der Waals surface area contributed by atoms with Crippen LogP contribution in [0.4, 0.5) is 0 Å². The lowest BCUT2D eigenvalue weighted by Crippen LogP contribution is -2.11. The zero-order valence-corrected chi connectivity index (χ0v) is 16.9. The van der Waals surface area contributed by atoms with E-state index < -0.39 is 0 Å². The van der Waals surface area contributed by atoms with Gasteiger partial charge in [0.25, 0.3) is 0 Å². The van der Waals surface area contributed by atoms with E-state index in [0.717, 1.165) is 21.8 Å². The quantitative estimate of drug-likeness (QED) is 0.366. The second-order valence-electron chi connectivity index (χ2n) is 5.98. The predicted octanol–water partition coefficient (Wildman–Crippen LogP) is 5.04. The zero-order valence-electron chi connectivity index (χ0n) is 14.5. The van der Waals surface area contributed by atoms with Crippen molar-refractivity contribution in [3.8, 4) is 22.0 Å². The highest BCUT2D eigenvalue weighted by Crippen LogP contribution is 2.28. The first-order valence-corrected chi connectivity index (χ1v) is 10.4. The third kappa shape index (κ3) is 4.00. The summed E-state index contributed by atoms with van der Waals surface area (Å²) in [4.78, 5) is 4.71. The van der Waals surface area contributed by atoms with Crippen molar-refractivity contribution in [1.82, 2.24) is 19.9 Å². The first kappa shape index (κ1) is 18.0. The number of nitrogens with zero attached hydrogens (tertiary/aromatic N) is 4. The van der Waals surface area contributed by atoms with E-state index in [1.165, 1.54) is 22.0 Å². The molecule has 0 amide bonds. The molecule has 2 aromatic heterocycles. The summed E-state index contributed by atoms with van der Waals surface area (Å²) in [7, 11) is 0. The monoisotopic (exact) mass is 413 g/mol. The van der Waals surface area contributed by atoms with Crippen LogP contribution >= 0.6 is 34.7 Å². The molecule has 0 aliphatic rings. The van der Waals surface area contributed by atoms with Crippen molar-refractivity contribution in [2.75, 3.05) is 5.84 Å². The molecule has 27 heavy (non-hydrogen) atoms. The van der Waals surface area contributed by atoms with E-state index in [2.05, 4.69) is 46.8 Å². The number of nitrogen functional groups attached to an aromatic ring is 1. The molecule has 136 valence electrons. The van der Waals surface area contributed by atoms with Gasteiger partial charge in [-0.05, 0) is 31.2 Å². The average Bonchev–Trinajstić information content (AvgIpc) is 3.28. The molecule has 0 spiro atoms. The highest BCUT2D eigenvalue weighted by Gasteiger charge is 2.13. The molecular weight excluding hydrogens is 398 g/mol. The van der Waals surface area contributed by atoms with E-state index in [1.807, 2.05) is 12.1 Å². The lowest BCUT2D eigenvalue weighted by molar-refractivity contribution is 0.849. The summed E-state index contributed by atoms with van der Waals surface area (Å²) >= 11 is 9.08. The molecule has 4 aromatic rings. The van der Waals surface area contributed by atoms with Crippen LogP contribution in [0.1, 0.15) is 11.3 Å². The molecule has 4 rings (SSSR count). The van der Waals surface area contributed by atoms with Gasteiger partial charge in [0.2, 0.25) is 5.16 Å². The topological polar surface area (TPSA) is 69.6 Å². The number of aryl methyl sites for hydroxylation is 1. The predicted molar refractivity (Wildman–Crippen MR) is 112 cm³/mol. The summed E-state index contributed by atoms with van der Waals surface area (Å²) in [6.45, 7) is 2.08. The summed E-state index contributed by atoms with van der Waals surface area (Å²) in [6, 6.07) is 15.7. The molecule has 0 aliphatic heterocycles. The van der Waals surface area contributed by atoms with Gasteiger partial charge >= 0.3 is 0 Å². The molecular formula is C19H16ClN5S2. The maximum atomic E-state index is 6.17. The fourth-order valence-electron chi connectivity index (χ4n) is 2.51. The Hall–Kier alpha value is -2.35. The number of hydrogen-bond donors (Lipinski definition) is 1. The van der Waals surface area contributed by atoms with Gasteiger partial charge in [-0.1, -0.05) is 53.2 Å². The van der Waals surface area contributed by atoms with E-state index in [1.54, 1.807) is 23.5 Å². The molecule has 0 saturated heterocycles. The maximum absolute atomic E-state index is 6.17. The minimum Gasteiger partial charge on any atom is -0.335 e. The van der Waals surface area contributed by atoms with Crippen LogP contribution in [0.5, 0.6) is 0 Å². The summed E-state index contributed by atoms with van der Waals surface area (Å²) < 4.78 is 1.50. The van der Waals surface area contributed by atoms with E-state index >= 15 is 0 Å². The van der Waals surface area contributed by atoms with E-state index in [4.69, 9.17) is 22.4 Å². The highest BCUT2D eigenvalue weighted by atomic mass is 35.5. The third-order valence-corrected chi connectivity index (χ3v) is 6.14. The first-order valence-electron chi connectivity index (χ1n) is 8.21. The fraction of sp³-hybridized carbons (Fsp3) is 0.105. The van der Waals surface area contributed by atoms with Gasteiger partial charge in [-0.3, -0.25) is 0 Å². The van der Waals surface area contributed by atoms with Crippen LogP contribution < -0.4 is 5.84 Å².